The van der Waals surface area contributed by atoms with E-state index in [0.29, 0.717) is 24.4 Å². The van der Waals surface area contributed by atoms with Gasteiger partial charge in [0.15, 0.2) is 5.82 Å². The summed E-state index contributed by atoms with van der Waals surface area (Å²) in [4.78, 5) is 8.84. The van der Waals surface area contributed by atoms with Gasteiger partial charge in [0.25, 0.3) is 5.89 Å². The largest absolute Gasteiger partial charge is 0.487 e. The van der Waals surface area contributed by atoms with E-state index in [4.69, 9.17) is 9.26 Å². The summed E-state index contributed by atoms with van der Waals surface area (Å²) in [5.74, 6) is 1.95. The summed E-state index contributed by atoms with van der Waals surface area (Å²) in [6.45, 7) is 4.50. The molecule has 0 radical (unpaired) electrons. The fraction of sp³-hybridized carbons (Fsp3) is 0.353. The van der Waals surface area contributed by atoms with E-state index >= 15 is 0 Å². The Bertz CT molecular complexity index is 805. The summed E-state index contributed by atoms with van der Waals surface area (Å²) in [6, 6.07) is 7.95. The molecule has 3 rings (SSSR count). The second-order valence-electron chi connectivity index (χ2n) is 5.58. The van der Waals surface area contributed by atoms with E-state index in [9.17, 15) is 0 Å². The molecule has 8 heteroatoms. The number of ether oxygens (including phenoxy) is 1. The highest BCUT2D eigenvalue weighted by Gasteiger charge is 2.12. The Kier molecular flexibility index (Phi) is 6.92. The van der Waals surface area contributed by atoms with Gasteiger partial charge in [0.2, 0.25) is 0 Å². The molecule has 0 aliphatic rings. The summed E-state index contributed by atoms with van der Waals surface area (Å²) in [5, 5.41) is 10.2. The molecule has 0 saturated carbocycles. The van der Waals surface area contributed by atoms with Crippen molar-refractivity contribution in [1.29, 1.82) is 0 Å². The first-order chi connectivity index (χ1) is 11.6. The molecule has 0 bridgehead atoms. The lowest BCUT2D eigenvalue weighted by Gasteiger charge is -2.05. The fourth-order valence-electron chi connectivity index (χ4n) is 2.18. The van der Waals surface area contributed by atoms with E-state index in [2.05, 4.69) is 27.4 Å². The summed E-state index contributed by atoms with van der Waals surface area (Å²) >= 11 is 1.62. The lowest BCUT2D eigenvalue weighted by atomic mass is 10.2. The first kappa shape index (κ1) is 19.4. The Hall–Kier alpha value is -1.96. The van der Waals surface area contributed by atoms with Crippen LogP contribution in [-0.2, 0) is 13.0 Å². The topological polar surface area (TPSA) is 73.1 Å². The number of nitrogens with zero attached hydrogens (tertiary/aromatic N) is 3. The Morgan fingerprint density at radius 3 is 2.88 bits per heavy atom. The maximum absolute atomic E-state index is 5.80. The normalized spacial score (nSPS) is 11.8. The van der Waals surface area contributed by atoms with Gasteiger partial charge in [-0.15, -0.1) is 23.7 Å². The highest BCUT2D eigenvalue weighted by atomic mass is 35.5. The molecule has 1 unspecified atom stereocenters. The molecular formula is C17H21ClN4O2S. The van der Waals surface area contributed by atoms with Gasteiger partial charge in [-0.3, -0.25) is 0 Å². The van der Waals surface area contributed by atoms with Gasteiger partial charge in [0.05, 0.1) is 10.7 Å². The fourth-order valence-corrected chi connectivity index (χ4v) is 2.78. The van der Waals surface area contributed by atoms with E-state index in [1.165, 1.54) is 0 Å². The second kappa shape index (κ2) is 8.94. The minimum atomic E-state index is 0. The molecule has 0 amide bonds. The van der Waals surface area contributed by atoms with Gasteiger partial charge in [0.1, 0.15) is 12.4 Å². The highest BCUT2D eigenvalue weighted by molar-refractivity contribution is 7.09. The van der Waals surface area contributed by atoms with Crippen LogP contribution in [0.3, 0.4) is 0 Å². The smallest absolute Gasteiger partial charge is 0.258 e. The van der Waals surface area contributed by atoms with Gasteiger partial charge >= 0.3 is 0 Å². The van der Waals surface area contributed by atoms with E-state index in [-0.39, 0.29) is 12.4 Å². The van der Waals surface area contributed by atoms with E-state index in [0.717, 1.165) is 28.4 Å². The zero-order valence-electron chi connectivity index (χ0n) is 14.4. The first-order valence-corrected chi connectivity index (χ1v) is 8.66. The monoisotopic (exact) mass is 380 g/mol. The molecule has 0 aliphatic heterocycles. The third kappa shape index (κ3) is 5.26. The lowest BCUT2D eigenvalue weighted by Crippen LogP contribution is -2.24. The maximum atomic E-state index is 5.80. The molecule has 6 nitrogen and oxygen atoms in total. The minimum Gasteiger partial charge on any atom is -0.487 e. The standard InChI is InChI=1S/C17H20N4O2S.ClH/c1-11(18-3)7-16-20-17(23-21-16)13-5-4-6-15(8-13)22-9-14-10-24-12(2)19-14;/h4-6,8,10-11,18H,7,9H2,1-3H3;1H. The number of aryl methyl sites for hydroxylation is 1. The van der Waals surface area contributed by atoms with Crippen molar-refractivity contribution < 1.29 is 9.26 Å². The Morgan fingerprint density at radius 1 is 1.32 bits per heavy atom. The van der Waals surface area contributed by atoms with Gasteiger partial charge in [-0.05, 0) is 39.1 Å². The number of likely N-dealkylation sites (N-methyl/N-ethyl adjacent to an activating group) is 1. The molecule has 1 atom stereocenters. The van der Waals surface area contributed by atoms with E-state index < -0.39 is 0 Å². The van der Waals surface area contributed by atoms with E-state index in [1.807, 2.05) is 43.6 Å². The van der Waals surface area contributed by atoms with Gasteiger partial charge < -0.3 is 14.6 Å². The molecule has 134 valence electrons. The van der Waals surface area contributed by atoms with Gasteiger partial charge in [0, 0.05) is 23.4 Å². The predicted molar refractivity (Wildman–Crippen MR) is 100 cm³/mol. The zero-order valence-corrected chi connectivity index (χ0v) is 16.0. The average Bonchev–Trinajstić information content (AvgIpc) is 3.22. The molecule has 2 heterocycles. The van der Waals surface area contributed by atoms with Crippen molar-refractivity contribution in [2.75, 3.05) is 7.05 Å². The molecule has 0 fully saturated rings. The SMILES string of the molecule is CNC(C)Cc1noc(-c2cccc(OCc3csc(C)n3)c2)n1.Cl. The molecule has 1 aromatic carbocycles. The molecule has 0 aliphatic carbocycles. The van der Waals surface area contributed by atoms with Crippen molar-refractivity contribution >= 4 is 23.7 Å². The number of benzene rings is 1. The van der Waals surface area contributed by atoms with Crippen molar-refractivity contribution in [2.24, 2.45) is 0 Å². The van der Waals surface area contributed by atoms with Crippen molar-refractivity contribution in [1.82, 2.24) is 20.4 Å². The third-order valence-corrected chi connectivity index (χ3v) is 4.41. The number of hydrogen-bond acceptors (Lipinski definition) is 7. The molecule has 0 saturated heterocycles. The molecule has 25 heavy (non-hydrogen) atoms. The minimum absolute atomic E-state index is 0. The van der Waals surface area contributed by atoms with Crippen LogP contribution in [-0.4, -0.2) is 28.2 Å². The Balaban J connectivity index is 0.00000225. The van der Waals surface area contributed by atoms with Crippen LogP contribution in [0.25, 0.3) is 11.5 Å². The van der Waals surface area contributed by atoms with Crippen LogP contribution in [0.4, 0.5) is 0 Å². The van der Waals surface area contributed by atoms with Gasteiger partial charge in [-0.25, -0.2) is 4.98 Å². The van der Waals surface area contributed by atoms with Crippen molar-refractivity contribution in [3.63, 3.8) is 0 Å². The summed E-state index contributed by atoms with van der Waals surface area (Å²) in [5.41, 5.74) is 1.78. The summed E-state index contributed by atoms with van der Waals surface area (Å²) in [6.07, 6.45) is 0.722. The predicted octanol–water partition coefficient (Wildman–Crippen LogP) is 3.65. The van der Waals surface area contributed by atoms with Crippen molar-refractivity contribution in [3.05, 3.63) is 46.2 Å². The Morgan fingerprint density at radius 2 is 2.16 bits per heavy atom. The van der Waals surface area contributed by atoms with Crippen molar-refractivity contribution in [3.8, 4) is 17.2 Å². The van der Waals surface area contributed by atoms with Gasteiger partial charge in [-0.2, -0.15) is 4.98 Å². The van der Waals surface area contributed by atoms with E-state index in [1.54, 1.807) is 11.3 Å². The molecular weight excluding hydrogens is 360 g/mol. The molecule has 2 aromatic heterocycles. The van der Waals surface area contributed by atoms with Crippen LogP contribution in [0.15, 0.2) is 34.2 Å². The second-order valence-corrected chi connectivity index (χ2v) is 6.65. The quantitative estimate of drug-likeness (QED) is 0.674. The Labute approximate surface area is 157 Å². The number of hydrogen-bond donors (Lipinski definition) is 1. The molecule has 0 spiro atoms. The number of thiazole rings is 1. The zero-order chi connectivity index (χ0) is 16.9. The van der Waals surface area contributed by atoms with Crippen molar-refractivity contribution in [2.45, 2.75) is 32.9 Å². The third-order valence-electron chi connectivity index (χ3n) is 3.58. The van der Waals surface area contributed by atoms with Crippen LogP contribution in [0.2, 0.25) is 0 Å². The van der Waals surface area contributed by atoms with Crippen LogP contribution in [0.5, 0.6) is 5.75 Å². The van der Waals surface area contributed by atoms with Crippen LogP contribution < -0.4 is 10.1 Å². The average molecular weight is 381 g/mol. The number of rotatable bonds is 7. The van der Waals surface area contributed by atoms with Gasteiger partial charge in [-0.1, -0.05) is 11.2 Å². The highest BCUT2D eigenvalue weighted by Crippen LogP contribution is 2.23. The lowest BCUT2D eigenvalue weighted by molar-refractivity contribution is 0.302. The number of aromatic nitrogens is 3. The first-order valence-electron chi connectivity index (χ1n) is 7.78. The number of nitrogens with one attached hydrogen (secondary N) is 1. The summed E-state index contributed by atoms with van der Waals surface area (Å²) < 4.78 is 11.2. The summed E-state index contributed by atoms with van der Waals surface area (Å²) in [7, 11) is 1.91. The van der Waals surface area contributed by atoms with Crippen LogP contribution >= 0.6 is 23.7 Å². The molecule has 3 aromatic rings. The van der Waals surface area contributed by atoms with Crippen LogP contribution in [0.1, 0.15) is 23.4 Å². The maximum Gasteiger partial charge on any atom is 0.258 e. The molecule has 1 N–H and O–H groups in total. The number of halogens is 1. The van der Waals surface area contributed by atoms with Crippen LogP contribution in [0, 0.1) is 6.92 Å².